The summed E-state index contributed by atoms with van der Waals surface area (Å²) in [6.07, 6.45) is 0. The molecule has 0 spiro atoms. The molecular weight excluding hydrogens is 246 g/mol. The highest BCUT2D eigenvalue weighted by Crippen LogP contribution is 2.27. The Bertz CT molecular complexity index is 375. The molecule has 1 heterocycles. The van der Waals surface area contributed by atoms with Crippen molar-refractivity contribution in [1.29, 1.82) is 0 Å². The minimum Gasteiger partial charge on any atom is -0.329 e. The number of hydrogen-bond acceptors (Lipinski definition) is 3. The Morgan fingerprint density at radius 3 is 2.44 bits per heavy atom. The number of nitrogens with two attached hydrogens (primary N) is 1. The summed E-state index contributed by atoms with van der Waals surface area (Å²) in [6, 6.07) is 8.28. The standard InChI is InChI=1S/C14H22ClN3/c1-2-17-7-9-18(10-8-17)14(11-16)12-5-3-4-6-13(12)15/h3-6,14H,2,7-11,16H2,1H3/t14-/m1/s1. The van der Waals surface area contributed by atoms with Crippen molar-refractivity contribution >= 4 is 11.6 Å². The molecule has 1 atom stereocenters. The van der Waals surface area contributed by atoms with Crippen LogP contribution in [0.5, 0.6) is 0 Å². The van der Waals surface area contributed by atoms with Crippen LogP contribution in [0, 0.1) is 0 Å². The van der Waals surface area contributed by atoms with Gasteiger partial charge in [0.05, 0.1) is 0 Å². The van der Waals surface area contributed by atoms with Gasteiger partial charge in [-0.25, -0.2) is 0 Å². The van der Waals surface area contributed by atoms with Gasteiger partial charge in [0.15, 0.2) is 0 Å². The van der Waals surface area contributed by atoms with Crippen molar-refractivity contribution in [1.82, 2.24) is 9.80 Å². The summed E-state index contributed by atoms with van der Waals surface area (Å²) in [4.78, 5) is 4.92. The molecular formula is C14H22ClN3. The third kappa shape index (κ3) is 3.04. The Hall–Kier alpha value is -0.610. The van der Waals surface area contributed by atoms with Gasteiger partial charge in [-0.2, -0.15) is 0 Å². The molecule has 3 nitrogen and oxygen atoms in total. The molecule has 1 aliphatic rings. The molecule has 4 heteroatoms. The predicted octanol–water partition coefficient (Wildman–Crippen LogP) is 1.98. The number of halogens is 1. The zero-order valence-corrected chi connectivity index (χ0v) is 11.7. The van der Waals surface area contributed by atoms with E-state index in [0.717, 1.165) is 43.3 Å². The minimum absolute atomic E-state index is 0.248. The zero-order valence-electron chi connectivity index (χ0n) is 11.0. The number of nitrogens with zero attached hydrogens (tertiary/aromatic N) is 2. The van der Waals surface area contributed by atoms with Gasteiger partial charge in [-0.1, -0.05) is 36.7 Å². The number of likely N-dealkylation sites (N-methyl/N-ethyl adjacent to an activating group) is 1. The molecule has 0 aliphatic carbocycles. The second-order valence-corrected chi connectivity index (χ2v) is 5.15. The highest BCUT2D eigenvalue weighted by atomic mass is 35.5. The lowest BCUT2D eigenvalue weighted by Crippen LogP contribution is -2.48. The predicted molar refractivity (Wildman–Crippen MR) is 76.9 cm³/mol. The van der Waals surface area contributed by atoms with Crippen molar-refractivity contribution in [2.24, 2.45) is 5.73 Å². The molecule has 0 unspecified atom stereocenters. The van der Waals surface area contributed by atoms with Gasteiger partial charge >= 0.3 is 0 Å². The first-order chi connectivity index (χ1) is 8.76. The number of rotatable bonds is 4. The Morgan fingerprint density at radius 1 is 1.22 bits per heavy atom. The molecule has 0 aromatic heterocycles. The SMILES string of the molecule is CCN1CCN([C@H](CN)c2ccccc2Cl)CC1. The molecule has 1 saturated heterocycles. The summed E-state index contributed by atoms with van der Waals surface area (Å²) in [5.74, 6) is 0. The smallest absolute Gasteiger partial charge is 0.0486 e. The molecule has 1 fully saturated rings. The van der Waals surface area contributed by atoms with Crippen molar-refractivity contribution in [3.63, 3.8) is 0 Å². The second-order valence-electron chi connectivity index (χ2n) is 4.74. The van der Waals surface area contributed by atoms with Crippen LogP contribution in [-0.2, 0) is 0 Å². The Morgan fingerprint density at radius 2 is 1.89 bits per heavy atom. The van der Waals surface area contributed by atoms with Crippen molar-refractivity contribution in [3.05, 3.63) is 34.9 Å². The molecule has 1 aliphatic heterocycles. The monoisotopic (exact) mass is 267 g/mol. The maximum atomic E-state index is 6.28. The van der Waals surface area contributed by atoms with Gasteiger partial charge in [0.25, 0.3) is 0 Å². The van der Waals surface area contributed by atoms with Gasteiger partial charge in [-0.15, -0.1) is 0 Å². The molecule has 0 amide bonds. The van der Waals surface area contributed by atoms with E-state index in [4.69, 9.17) is 17.3 Å². The van der Waals surface area contributed by atoms with Gasteiger partial charge < -0.3 is 10.6 Å². The Balaban J connectivity index is 2.08. The minimum atomic E-state index is 0.248. The van der Waals surface area contributed by atoms with Crippen LogP contribution in [0.4, 0.5) is 0 Å². The van der Waals surface area contributed by atoms with Gasteiger partial charge in [0.1, 0.15) is 0 Å². The van der Waals surface area contributed by atoms with Gasteiger partial charge in [0.2, 0.25) is 0 Å². The summed E-state index contributed by atoms with van der Waals surface area (Å²) in [7, 11) is 0. The lowest BCUT2D eigenvalue weighted by Gasteiger charge is -2.39. The summed E-state index contributed by atoms with van der Waals surface area (Å²) in [5, 5.41) is 0.825. The third-order valence-electron chi connectivity index (χ3n) is 3.78. The first-order valence-electron chi connectivity index (χ1n) is 6.67. The van der Waals surface area contributed by atoms with E-state index in [9.17, 15) is 0 Å². The molecule has 0 saturated carbocycles. The summed E-state index contributed by atoms with van der Waals surface area (Å²) in [6.45, 7) is 8.35. The third-order valence-corrected chi connectivity index (χ3v) is 4.13. The molecule has 0 bridgehead atoms. The quantitative estimate of drug-likeness (QED) is 0.906. The highest BCUT2D eigenvalue weighted by Gasteiger charge is 2.24. The van der Waals surface area contributed by atoms with Crippen LogP contribution >= 0.6 is 11.6 Å². The fourth-order valence-electron chi connectivity index (χ4n) is 2.61. The highest BCUT2D eigenvalue weighted by molar-refractivity contribution is 6.31. The van der Waals surface area contributed by atoms with E-state index in [2.05, 4.69) is 22.8 Å². The fraction of sp³-hybridized carbons (Fsp3) is 0.571. The second kappa shape index (κ2) is 6.53. The van der Waals surface area contributed by atoms with Crippen molar-refractivity contribution < 1.29 is 0 Å². The lowest BCUT2D eigenvalue weighted by atomic mass is 10.0. The van der Waals surface area contributed by atoms with E-state index in [-0.39, 0.29) is 6.04 Å². The summed E-state index contributed by atoms with van der Waals surface area (Å²) < 4.78 is 0. The molecule has 1 aromatic rings. The van der Waals surface area contributed by atoms with E-state index < -0.39 is 0 Å². The fourth-order valence-corrected chi connectivity index (χ4v) is 2.87. The van der Waals surface area contributed by atoms with Crippen LogP contribution < -0.4 is 5.73 Å². The van der Waals surface area contributed by atoms with Crippen LogP contribution in [0.2, 0.25) is 5.02 Å². The molecule has 1 aromatic carbocycles. The maximum absolute atomic E-state index is 6.28. The molecule has 18 heavy (non-hydrogen) atoms. The number of hydrogen-bond donors (Lipinski definition) is 1. The largest absolute Gasteiger partial charge is 0.329 e. The van der Waals surface area contributed by atoms with Crippen molar-refractivity contribution in [2.45, 2.75) is 13.0 Å². The van der Waals surface area contributed by atoms with E-state index in [0.29, 0.717) is 6.54 Å². The normalized spacial score (nSPS) is 19.9. The van der Waals surface area contributed by atoms with Crippen LogP contribution in [-0.4, -0.2) is 49.1 Å². The van der Waals surface area contributed by atoms with E-state index in [1.807, 2.05) is 18.2 Å². The maximum Gasteiger partial charge on any atom is 0.0486 e. The number of benzene rings is 1. The van der Waals surface area contributed by atoms with E-state index >= 15 is 0 Å². The number of piperazine rings is 1. The summed E-state index contributed by atoms with van der Waals surface area (Å²) >= 11 is 6.28. The topological polar surface area (TPSA) is 32.5 Å². The summed E-state index contributed by atoms with van der Waals surface area (Å²) in [5.41, 5.74) is 7.12. The van der Waals surface area contributed by atoms with E-state index in [1.165, 1.54) is 0 Å². The van der Waals surface area contributed by atoms with Crippen LogP contribution in [0.1, 0.15) is 18.5 Å². The lowest BCUT2D eigenvalue weighted by molar-refractivity contribution is 0.102. The molecule has 2 N–H and O–H groups in total. The zero-order chi connectivity index (χ0) is 13.0. The van der Waals surface area contributed by atoms with E-state index in [1.54, 1.807) is 0 Å². The van der Waals surface area contributed by atoms with Crippen LogP contribution in [0.25, 0.3) is 0 Å². The van der Waals surface area contributed by atoms with Gasteiger partial charge in [0, 0.05) is 43.8 Å². The van der Waals surface area contributed by atoms with Crippen molar-refractivity contribution in [2.75, 3.05) is 39.3 Å². The first-order valence-corrected chi connectivity index (χ1v) is 7.05. The van der Waals surface area contributed by atoms with Gasteiger partial charge in [-0.3, -0.25) is 4.90 Å². The molecule has 2 rings (SSSR count). The molecule has 100 valence electrons. The average molecular weight is 268 g/mol. The van der Waals surface area contributed by atoms with Crippen LogP contribution in [0.15, 0.2) is 24.3 Å². The van der Waals surface area contributed by atoms with Gasteiger partial charge in [-0.05, 0) is 18.2 Å². The Kier molecular flexibility index (Phi) is 5.01. The van der Waals surface area contributed by atoms with Crippen molar-refractivity contribution in [3.8, 4) is 0 Å². The average Bonchev–Trinajstić information content (AvgIpc) is 2.42. The first kappa shape index (κ1) is 13.8. The molecule has 0 radical (unpaired) electrons. The van der Waals surface area contributed by atoms with Crippen LogP contribution in [0.3, 0.4) is 0 Å². The Labute approximate surface area is 115 Å².